The second-order valence-corrected chi connectivity index (χ2v) is 4.84. The standard InChI is InChI=1S/C15H16N2O3/c1-9-5-11(10(2)20-9)7-16-12-3-4-13-14(6-12)19-8-15(18)17-13/h3-6,16H,7-8H2,1-2H3,(H,17,18). The van der Waals surface area contributed by atoms with Gasteiger partial charge in [0.25, 0.3) is 5.91 Å². The second-order valence-electron chi connectivity index (χ2n) is 4.84. The van der Waals surface area contributed by atoms with Crippen LogP contribution >= 0.6 is 0 Å². The molecule has 0 saturated heterocycles. The minimum absolute atomic E-state index is 0.0660. The van der Waals surface area contributed by atoms with Gasteiger partial charge in [-0.1, -0.05) is 0 Å². The van der Waals surface area contributed by atoms with Gasteiger partial charge in [-0.15, -0.1) is 0 Å². The number of hydrogen-bond acceptors (Lipinski definition) is 4. The Balaban J connectivity index is 1.72. The first-order chi connectivity index (χ1) is 9.61. The molecule has 104 valence electrons. The summed E-state index contributed by atoms with van der Waals surface area (Å²) in [6.07, 6.45) is 0. The highest BCUT2D eigenvalue weighted by Crippen LogP contribution is 2.30. The van der Waals surface area contributed by atoms with Crippen molar-refractivity contribution in [1.29, 1.82) is 0 Å². The molecule has 0 saturated carbocycles. The van der Waals surface area contributed by atoms with Gasteiger partial charge in [-0.2, -0.15) is 0 Å². The van der Waals surface area contributed by atoms with E-state index in [0.717, 1.165) is 22.8 Å². The molecule has 0 atom stereocenters. The summed E-state index contributed by atoms with van der Waals surface area (Å²) in [5, 5.41) is 6.09. The van der Waals surface area contributed by atoms with Crippen molar-refractivity contribution in [3.8, 4) is 5.75 Å². The Bertz CT molecular complexity index is 661. The van der Waals surface area contributed by atoms with Gasteiger partial charge in [0.1, 0.15) is 17.3 Å². The Kier molecular flexibility index (Phi) is 3.10. The number of hydrogen-bond donors (Lipinski definition) is 2. The molecular weight excluding hydrogens is 256 g/mol. The monoisotopic (exact) mass is 272 g/mol. The largest absolute Gasteiger partial charge is 0.482 e. The van der Waals surface area contributed by atoms with Gasteiger partial charge in [0.2, 0.25) is 0 Å². The molecule has 2 heterocycles. The zero-order valence-electron chi connectivity index (χ0n) is 11.4. The quantitative estimate of drug-likeness (QED) is 0.901. The number of amides is 1. The molecule has 0 aliphatic carbocycles. The number of furan rings is 1. The first kappa shape index (κ1) is 12.6. The van der Waals surface area contributed by atoms with Gasteiger partial charge >= 0.3 is 0 Å². The predicted molar refractivity (Wildman–Crippen MR) is 76.1 cm³/mol. The molecule has 0 bridgehead atoms. The third kappa shape index (κ3) is 2.47. The van der Waals surface area contributed by atoms with Gasteiger partial charge in [0, 0.05) is 23.9 Å². The van der Waals surface area contributed by atoms with Gasteiger partial charge in [-0.25, -0.2) is 0 Å². The Labute approximate surface area is 116 Å². The summed E-state index contributed by atoms with van der Waals surface area (Å²) < 4.78 is 10.9. The van der Waals surface area contributed by atoms with Crippen LogP contribution in [0.25, 0.3) is 0 Å². The van der Waals surface area contributed by atoms with Gasteiger partial charge in [-0.3, -0.25) is 4.79 Å². The van der Waals surface area contributed by atoms with Gasteiger partial charge < -0.3 is 19.8 Å². The van der Waals surface area contributed by atoms with Crippen LogP contribution in [0.2, 0.25) is 0 Å². The van der Waals surface area contributed by atoms with Crippen molar-refractivity contribution in [2.75, 3.05) is 17.2 Å². The third-order valence-corrected chi connectivity index (χ3v) is 3.24. The summed E-state index contributed by atoms with van der Waals surface area (Å²) in [5.41, 5.74) is 2.79. The van der Waals surface area contributed by atoms with Crippen LogP contribution in [-0.2, 0) is 11.3 Å². The lowest BCUT2D eigenvalue weighted by Gasteiger charge is -2.18. The van der Waals surface area contributed by atoms with E-state index >= 15 is 0 Å². The van der Waals surface area contributed by atoms with E-state index < -0.39 is 0 Å². The second kappa shape index (κ2) is 4.92. The van der Waals surface area contributed by atoms with Crippen LogP contribution in [0.15, 0.2) is 28.7 Å². The summed E-state index contributed by atoms with van der Waals surface area (Å²) in [5.74, 6) is 2.41. The molecule has 1 amide bonds. The number of rotatable bonds is 3. The summed E-state index contributed by atoms with van der Waals surface area (Å²) in [7, 11) is 0. The molecule has 1 aromatic heterocycles. The summed E-state index contributed by atoms with van der Waals surface area (Å²) in [6.45, 7) is 4.65. The zero-order chi connectivity index (χ0) is 14.1. The van der Waals surface area contributed by atoms with Crippen molar-refractivity contribution in [2.45, 2.75) is 20.4 Å². The molecule has 20 heavy (non-hydrogen) atoms. The van der Waals surface area contributed by atoms with Crippen molar-refractivity contribution in [3.63, 3.8) is 0 Å². The molecule has 0 fully saturated rings. The normalized spacial score (nSPS) is 13.4. The summed E-state index contributed by atoms with van der Waals surface area (Å²) in [4.78, 5) is 11.2. The van der Waals surface area contributed by atoms with Crippen molar-refractivity contribution < 1.29 is 13.9 Å². The average molecular weight is 272 g/mol. The molecular formula is C15H16N2O3. The number of ether oxygens (including phenoxy) is 1. The Hall–Kier alpha value is -2.43. The minimum atomic E-state index is -0.122. The van der Waals surface area contributed by atoms with E-state index in [1.807, 2.05) is 38.1 Å². The molecule has 0 radical (unpaired) electrons. The molecule has 2 N–H and O–H groups in total. The van der Waals surface area contributed by atoms with Crippen molar-refractivity contribution >= 4 is 17.3 Å². The predicted octanol–water partition coefficient (Wildman–Crippen LogP) is 2.84. The molecule has 1 aromatic carbocycles. The first-order valence-corrected chi connectivity index (χ1v) is 6.48. The molecule has 0 unspecified atom stereocenters. The molecule has 1 aliphatic heterocycles. The van der Waals surface area contributed by atoms with Crippen LogP contribution in [0.3, 0.4) is 0 Å². The fraction of sp³-hybridized carbons (Fsp3) is 0.267. The minimum Gasteiger partial charge on any atom is -0.482 e. The molecule has 5 nitrogen and oxygen atoms in total. The van der Waals surface area contributed by atoms with E-state index in [2.05, 4.69) is 10.6 Å². The number of fused-ring (bicyclic) bond motifs is 1. The van der Waals surface area contributed by atoms with Gasteiger partial charge in [0.05, 0.1) is 5.69 Å². The van der Waals surface area contributed by atoms with Crippen LogP contribution in [0, 0.1) is 13.8 Å². The summed E-state index contributed by atoms with van der Waals surface area (Å²) in [6, 6.07) is 7.66. The number of carbonyl (C=O) groups is 1. The highest BCUT2D eigenvalue weighted by atomic mass is 16.5. The lowest BCUT2D eigenvalue weighted by atomic mass is 10.2. The van der Waals surface area contributed by atoms with Crippen molar-refractivity contribution in [1.82, 2.24) is 0 Å². The number of benzene rings is 1. The topological polar surface area (TPSA) is 63.5 Å². The first-order valence-electron chi connectivity index (χ1n) is 6.48. The van der Waals surface area contributed by atoms with Crippen LogP contribution < -0.4 is 15.4 Å². The highest BCUT2D eigenvalue weighted by Gasteiger charge is 2.15. The third-order valence-electron chi connectivity index (χ3n) is 3.24. The number of aryl methyl sites for hydroxylation is 2. The Morgan fingerprint density at radius 2 is 2.15 bits per heavy atom. The lowest BCUT2D eigenvalue weighted by Crippen LogP contribution is -2.25. The molecule has 0 spiro atoms. The van der Waals surface area contributed by atoms with E-state index in [1.165, 1.54) is 0 Å². The van der Waals surface area contributed by atoms with Crippen molar-refractivity contribution in [3.05, 3.63) is 41.3 Å². The average Bonchev–Trinajstić information content (AvgIpc) is 2.74. The smallest absolute Gasteiger partial charge is 0.262 e. The molecule has 1 aliphatic rings. The van der Waals surface area contributed by atoms with E-state index in [-0.39, 0.29) is 12.5 Å². The number of nitrogens with one attached hydrogen (secondary N) is 2. The molecule has 3 rings (SSSR count). The van der Waals surface area contributed by atoms with E-state index in [4.69, 9.17) is 9.15 Å². The number of anilines is 2. The Morgan fingerprint density at radius 3 is 2.90 bits per heavy atom. The fourth-order valence-electron chi connectivity index (χ4n) is 2.24. The van der Waals surface area contributed by atoms with Gasteiger partial charge in [0.15, 0.2) is 6.61 Å². The van der Waals surface area contributed by atoms with E-state index in [1.54, 1.807) is 0 Å². The maximum absolute atomic E-state index is 11.2. The Morgan fingerprint density at radius 1 is 1.30 bits per heavy atom. The maximum atomic E-state index is 11.2. The van der Waals surface area contributed by atoms with Crippen LogP contribution in [0.1, 0.15) is 17.1 Å². The highest BCUT2D eigenvalue weighted by molar-refractivity contribution is 5.95. The summed E-state index contributed by atoms with van der Waals surface area (Å²) >= 11 is 0. The zero-order valence-corrected chi connectivity index (χ0v) is 11.4. The lowest BCUT2D eigenvalue weighted by molar-refractivity contribution is -0.118. The van der Waals surface area contributed by atoms with Crippen LogP contribution in [-0.4, -0.2) is 12.5 Å². The molecule has 2 aromatic rings. The number of carbonyl (C=O) groups excluding carboxylic acids is 1. The van der Waals surface area contributed by atoms with E-state index in [9.17, 15) is 4.79 Å². The van der Waals surface area contributed by atoms with E-state index in [0.29, 0.717) is 18.0 Å². The van der Waals surface area contributed by atoms with Gasteiger partial charge in [-0.05, 0) is 32.0 Å². The maximum Gasteiger partial charge on any atom is 0.262 e. The van der Waals surface area contributed by atoms with Crippen LogP contribution in [0.5, 0.6) is 5.75 Å². The molecule has 5 heteroatoms. The van der Waals surface area contributed by atoms with Crippen molar-refractivity contribution in [2.24, 2.45) is 0 Å². The fourth-order valence-corrected chi connectivity index (χ4v) is 2.24. The van der Waals surface area contributed by atoms with Crippen LogP contribution in [0.4, 0.5) is 11.4 Å². The SMILES string of the molecule is Cc1cc(CNc2ccc3c(c2)OCC(=O)N3)c(C)o1.